The van der Waals surface area contributed by atoms with Crippen LogP contribution in [-0.2, 0) is 0 Å². The molecule has 0 radical (unpaired) electrons. The van der Waals surface area contributed by atoms with Gasteiger partial charge in [-0.2, -0.15) is 13.2 Å². The van der Waals surface area contributed by atoms with Crippen LogP contribution in [0, 0.1) is 12.3 Å². The largest absolute Gasteiger partial charge is 0.401 e. The Morgan fingerprint density at radius 1 is 1.07 bits per heavy atom. The minimum Gasteiger partial charge on any atom is -0.300 e. The van der Waals surface area contributed by atoms with Crippen molar-refractivity contribution in [3.63, 3.8) is 0 Å². The number of piperazine rings is 1. The van der Waals surface area contributed by atoms with Gasteiger partial charge in [0, 0.05) is 39.1 Å². The van der Waals surface area contributed by atoms with Gasteiger partial charge >= 0.3 is 6.18 Å². The lowest BCUT2D eigenvalue weighted by Gasteiger charge is -2.34. The van der Waals surface area contributed by atoms with Crippen molar-refractivity contribution in [2.24, 2.45) is 0 Å². The van der Waals surface area contributed by atoms with E-state index in [2.05, 4.69) is 10.8 Å². The number of hydrogen-bond donors (Lipinski definition) is 0. The number of alkyl halides is 3. The van der Waals surface area contributed by atoms with Crippen LogP contribution in [-0.4, -0.2) is 55.2 Å². The average molecular weight is 220 g/mol. The monoisotopic (exact) mass is 220 g/mol. The van der Waals surface area contributed by atoms with Crippen LogP contribution in [0.2, 0.25) is 0 Å². The van der Waals surface area contributed by atoms with E-state index in [1.165, 1.54) is 4.90 Å². The fourth-order valence-corrected chi connectivity index (χ4v) is 1.65. The zero-order chi connectivity index (χ0) is 11.3. The van der Waals surface area contributed by atoms with E-state index in [1.54, 1.807) is 0 Å². The molecule has 0 aromatic heterocycles. The highest BCUT2D eigenvalue weighted by molar-refractivity contribution is 4.85. The molecule has 0 aliphatic carbocycles. The van der Waals surface area contributed by atoms with E-state index < -0.39 is 12.7 Å². The van der Waals surface area contributed by atoms with Gasteiger partial charge in [0.2, 0.25) is 0 Å². The zero-order valence-corrected chi connectivity index (χ0v) is 8.56. The molecule has 0 saturated carbocycles. The van der Waals surface area contributed by atoms with Crippen LogP contribution in [0.15, 0.2) is 0 Å². The summed E-state index contributed by atoms with van der Waals surface area (Å²) in [5.74, 6) is 2.53. The molecule has 1 aliphatic rings. The van der Waals surface area contributed by atoms with Gasteiger partial charge in [-0.3, -0.25) is 9.80 Å². The first-order valence-corrected chi connectivity index (χ1v) is 4.96. The molecular formula is C10H15F3N2. The van der Waals surface area contributed by atoms with Gasteiger partial charge in [-0.1, -0.05) is 0 Å². The summed E-state index contributed by atoms with van der Waals surface area (Å²) in [6, 6.07) is 0. The van der Waals surface area contributed by atoms with Crippen LogP contribution >= 0.6 is 0 Å². The van der Waals surface area contributed by atoms with Crippen LogP contribution < -0.4 is 0 Å². The van der Waals surface area contributed by atoms with Crippen molar-refractivity contribution in [2.75, 3.05) is 39.3 Å². The molecule has 0 spiro atoms. The topological polar surface area (TPSA) is 6.48 Å². The Morgan fingerprint density at radius 2 is 1.60 bits per heavy atom. The van der Waals surface area contributed by atoms with Crippen LogP contribution in [0.5, 0.6) is 0 Å². The van der Waals surface area contributed by atoms with Crippen molar-refractivity contribution in [1.29, 1.82) is 0 Å². The van der Waals surface area contributed by atoms with Crippen LogP contribution in [0.25, 0.3) is 0 Å². The number of hydrogen-bond acceptors (Lipinski definition) is 2. The summed E-state index contributed by atoms with van der Waals surface area (Å²) in [4.78, 5) is 3.54. The molecular weight excluding hydrogens is 205 g/mol. The molecule has 0 unspecified atom stereocenters. The fourth-order valence-electron chi connectivity index (χ4n) is 1.65. The molecule has 0 aromatic carbocycles. The molecule has 0 N–H and O–H groups in total. The third-order valence-corrected chi connectivity index (χ3v) is 2.44. The number of halogens is 3. The maximum atomic E-state index is 12.1. The summed E-state index contributed by atoms with van der Waals surface area (Å²) < 4.78 is 36.2. The third-order valence-electron chi connectivity index (χ3n) is 2.44. The third kappa shape index (κ3) is 5.05. The van der Waals surface area contributed by atoms with Crippen molar-refractivity contribution in [2.45, 2.75) is 12.6 Å². The van der Waals surface area contributed by atoms with E-state index in [1.807, 2.05) is 0 Å². The maximum Gasteiger partial charge on any atom is 0.401 e. The quantitative estimate of drug-likeness (QED) is 0.659. The van der Waals surface area contributed by atoms with E-state index in [-0.39, 0.29) is 0 Å². The molecule has 1 saturated heterocycles. The molecule has 1 fully saturated rings. The predicted molar refractivity (Wildman–Crippen MR) is 52.4 cm³/mol. The highest BCUT2D eigenvalue weighted by Gasteiger charge is 2.31. The van der Waals surface area contributed by atoms with E-state index >= 15 is 0 Å². The summed E-state index contributed by atoms with van der Waals surface area (Å²) in [6.07, 6.45) is 1.70. The molecule has 86 valence electrons. The lowest BCUT2D eigenvalue weighted by atomic mass is 10.3. The molecule has 1 aliphatic heterocycles. The molecule has 2 nitrogen and oxygen atoms in total. The Balaban J connectivity index is 2.21. The van der Waals surface area contributed by atoms with Crippen molar-refractivity contribution < 1.29 is 13.2 Å². The molecule has 1 heterocycles. The Kier molecular flexibility index (Phi) is 4.43. The van der Waals surface area contributed by atoms with Gasteiger partial charge in [-0.25, -0.2) is 0 Å². The second-order valence-electron chi connectivity index (χ2n) is 3.69. The first kappa shape index (κ1) is 12.3. The normalized spacial score (nSPS) is 20.1. The number of rotatable bonds is 3. The van der Waals surface area contributed by atoms with E-state index in [4.69, 9.17) is 6.42 Å². The molecule has 15 heavy (non-hydrogen) atoms. The molecule has 0 atom stereocenters. The Morgan fingerprint density at radius 3 is 2.07 bits per heavy atom. The minimum absolute atomic E-state index is 0.476. The summed E-state index contributed by atoms with van der Waals surface area (Å²) in [5.41, 5.74) is 0. The summed E-state index contributed by atoms with van der Waals surface area (Å²) in [6.45, 7) is 2.30. The Hall–Kier alpha value is -0.730. The van der Waals surface area contributed by atoms with Gasteiger partial charge < -0.3 is 0 Å². The van der Waals surface area contributed by atoms with E-state index in [0.29, 0.717) is 32.6 Å². The molecule has 0 aromatic rings. The highest BCUT2D eigenvalue weighted by Crippen LogP contribution is 2.17. The average Bonchev–Trinajstić information content (AvgIpc) is 2.14. The van der Waals surface area contributed by atoms with Crippen molar-refractivity contribution in [3.05, 3.63) is 0 Å². The van der Waals surface area contributed by atoms with E-state index in [9.17, 15) is 13.2 Å². The molecule has 0 amide bonds. The predicted octanol–water partition coefficient (Wildman–Crippen LogP) is 1.19. The molecule has 1 rings (SSSR count). The SMILES string of the molecule is C#CCCN1CCN(CC(F)(F)F)CC1. The summed E-state index contributed by atoms with van der Waals surface area (Å²) in [7, 11) is 0. The number of terminal acetylenes is 1. The maximum absolute atomic E-state index is 12.1. The van der Waals surface area contributed by atoms with Crippen molar-refractivity contribution >= 4 is 0 Å². The van der Waals surface area contributed by atoms with E-state index in [0.717, 1.165) is 6.54 Å². The second-order valence-corrected chi connectivity index (χ2v) is 3.69. The van der Waals surface area contributed by atoms with Crippen LogP contribution in [0.1, 0.15) is 6.42 Å². The lowest BCUT2D eigenvalue weighted by molar-refractivity contribution is -0.149. The number of nitrogens with zero attached hydrogens (tertiary/aromatic N) is 2. The van der Waals surface area contributed by atoms with Crippen molar-refractivity contribution in [3.8, 4) is 12.3 Å². The Bertz CT molecular complexity index is 224. The summed E-state index contributed by atoms with van der Waals surface area (Å²) >= 11 is 0. The van der Waals surface area contributed by atoms with Crippen molar-refractivity contribution in [1.82, 2.24) is 9.80 Å². The molecule has 5 heteroatoms. The smallest absolute Gasteiger partial charge is 0.300 e. The van der Waals surface area contributed by atoms with Gasteiger partial charge in [0.25, 0.3) is 0 Å². The van der Waals surface area contributed by atoms with Gasteiger partial charge in [0.05, 0.1) is 6.54 Å². The van der Waals surface area contributed by atoms with Gasteiger partial charge in [-0.05, 0) is 0 Å². The highest BCUT2D eigenvalue weighted by atomic mass is 19.4. The second kappa shape index (κ2) is 5.38. The zero-order valence-electron chi connectivity index (χ0n) is 8.56. The Labute approximate surface area is 88.0 Å². The standard InChI is InChI=1S/C10H15F3N2/c1-2-3-4-14-5-7-15(8-6-14)9-10(11,12)13/h1H,3-9H2. The first-order chi connectivity index (χ1) is 7.01. The minimum atomic E-state index is -4.08. The summed E-state index contributed by atoms with van der Waals surface area (Å²) in [5, 5.41) is 0. The first-order valence-electron chi connectivity index (χ1n) is 4.96. The van der Waals surface area contributed by atoms with Gasteiger partial charge in [0.1, 0.15) is 0 Å². The molecule has 0 bridgehead atoms. The van der Waals surface area contributed by atoms with Gasteiger partial charge in [0.15, 0.2) is 0 Å². The fraction of sp³-hybridized carbons (Fsp3) is 0.800. The van der Waals surface area contributed by atoms with Gasteiger partial charge in [-0.15, -0.1) is 12.3 Å². The van der Waals surface area contributed by atoms with Crippen LogP contribution in [0.4, 0.5) is 13.2 Å². The lowest BCUT2D eigenvalue weighted by Crippen LogP contribution is -2.49. The van der Waals surface area contributed by atoms with Crippen LogP contribution in [0.3, 0.4) is 0 Å².